The zero-order chi connectivity index (χ0) is 13.2. The fraction of sp³-hybridized carbons (Fsp3) is 0.643. The van der Waals surface area contributed by atoms with E-state index in [9.17, 15) is 0 Å². The Morgan fingerprint density at radius 1 is 1.16 bits per heavy atom. The Morgan fingerprint density at radius 3 is 2.63 bits per heavy atom. The third kappa shape index (κ3) is 2.83. The summed E-state index contributed by atoms with van der Waals surface area (Å²) in [4.78, 5) is 9.24. The molecule has 3 atom stereocenters. The molecule has 1 aromatic heterocycles. The molecule has 0 aromatic carbocycles. The standard InChI is InChI=1S/C14H19Cl2N3/c15-11-9-12(16)14(18-7-3-4-8-18)19(10-11)13-5-1-2-6-17-13/h1-2,5-6,11-12,14H,3-4,7-10H2. The van der Waals surface area contributed by atoms with Crippen molar-refractivity contribution in [2.75, 3.05) is 24.5 Å². The first-order chi connectivity index (χ1) is 9.25. The summed E-state index contributed by atoms with van der Waals surface area (Å²) < 4.78 is 0. The molecule has 2 aliphatic rings. The zero-order valence-corrected chi connectivity index (χ0v) is 12.4. The van der Waals surface area contributed by atoms with Gasteiger partial charge in [0.05, 0.1) is 10.8 Å². The molecule has 2 aliphatic heterocycles. The van der Waals surface area contributed by atoms with E-state index in [-0.39, 0.29) is 16.9 Å². The van der Waals surface area contributed by atoms with E-state index in [2.05, 4.69) is 14.8 Å². The highest BCUT2D eigenvalue weighted by molar-refractivity contribution is 6.24. The fourth-order valence-electron chi connectivity index (χ4n) is 3.14. The zero-order valence-electron chi connectivity index (χ0n) is 10.9. The number of anilines is 1. The number of hydrogen-bond donors (Lipinski definition) is 0. The van der Waals surface area contributed by atoms with Crippen molar-refractivity contribution in [1.29, 1.82) is 0 Å². The third-order valence-electron chi connectivity index (χ3n) is 3.98. The number of nitrogens with zero attached hydrogens (tertiary/aromatic N) is 3. The van der Waals surface area contributed by atoms with E-state index in [1.807, 2.05) is 24.4 Å². The Morgan fingerprint density at radius 2 is 1.95 bits per heavy atom. The summed E-state index contributed by atoms with van der Waals surface area (Å²) in [6, 6.07) is 6.00. The molecular weight excluding hydrogens is 281 g/mol. The minimum atomic E-state index is 0.0661. The number of piperidine rings is 1. The molecule has 3 heterocycles. The van der Waals surface area contributed by atoms with Crippen molar-refractivity contribution in [2.24, 2.45) is 0 Å². The molecular formula is C14H19Cl2N3. The first-order valence-electron chi connectivity index (χ1n) is 6.95. The van der Waals surface area contributed by atoms with Crippen LogP contribution in [-0.2, 0) is 0 Å². The maximum Gasteiger partial charge on any atom is 0.129 e. The van der Waals surface area contributed by atoms with E-state index < -0.39 is 0 Å². The first-order valence-corrected chi connectivity index (χ1v) is 7.83. The molecule has 2 fully saturated rings. The van der Waals surface area contributed by atoms with E-state index in [4.69, 9.17) is 23.2 Å². The summed E-state index contributed by atoms with van der Waals surface area (Å²) >= 11 is 13.0. The Labute approximate surface area is 124 Å². The van der Waals surface area contributed by atoms with Crippen molar-refractivity contribution in [3.63, 3.8) is 0 Å². The maximum absolute atomic E-state index is 6.61. The molecule has 3 rings (SSSR count). The molecule has 0 amide bonds. The Hall–Kier alpha value is -0.510. The van der Waals surface area contributed by atoms with Crippen LogP contribution in [0.25, 0.3) is 0 Å². The lowest BCUT2D eigenvalue weighted by atomic mass is 10.1. The van der Waals surface area contributed by atoms with Crippen molar-refractivity contribution in [1.82, 2.24) is 9.88 Å². The minimum Gasteiger partial charge on any atom is -0.338 e. The van der Waals surface area contributed by atoms with Crippen LogP contribution in [0.2, 0.25) is 0 Å². The smallest absolute Gasteiger partial charge is 0.129 e. The molecule has 2 saturated heterocycles. The van der Waals surface area contributed by atoms with Crippen molar-refractivity contribution < 1.29 is 0 Å². The topological polar surface area (TPSA) is 19.4 Å². The van der Waals surface area contributed by atoms with Gasteiger partial charge in [0.25, 0.3) is 0 Å². The summed E-state index contributed by atoms with van der Waals surface area (Å²) in [7, 11) is 0. The van der Waals surface area contributed by atoms with Crippen LogP contribution >= 0.6 is 23.2 Å². The SMILES string of the molecule is ClC1CC(Cl)C(N2CCCC2)N(c2ccccn2)C1. The number of rotatable bonds is 2. The summed E-state index contributed by atoms with van der Waals surface area (Å²) in [5.74, 6) is 0.982. The summed E-state index contributed by atoms with van der Waals surface area (Å²) in [5, 5.41) is 0.166. The number of hydrogen-bond acceptors (Lipinski definition) is 3. The van der Waals surface area contributed by atoms with Crippen LogP contribution in [0.4, 0.5) is 5.82 Å². The van der Waals surface area contributed by atoms with Crippen LogP contribution in [0, 0.1) is 0 Å². The van der Waals surface area contributed by atoms with E-state index in [1.165, 1.54) is 12.8 Å². The van der Waals surface area contributed by atoms with Gasteiger partial charge in [-0.2, -0.15) is 0 Å². The third-order valence-corrected chi connectivity index (χ3v) is 4.70. The van der Waals surface area contributed by atoms with Crippen LogP contribution in [0.1, 0.15) is 19.3 Å². The molecule has 19 heavy (non-hydrogen) atoms. The maximum atomic E-state index is 6.61. The van der Waals surface area contributed by atoms with Crippen LogP contribution < -0.4 is 4.90 Å². The predicted molar refractivity (Wildman–Crippen MR) is 80.1 cm³/mol. The highest BCUT2D eigenvalue weighted by atomic mass is 35.5. The van der Waals surface area contributed by atoms with E-state index in [0.717, 1.165) is 31.9 Å². The molecule has 1 aromatic rings. The molecule has 0 N–H and O–H groups in total. The molecule has 0 saturated carbocycles. The van der Waals surface area contributed by atoms with Gasteiger partial charge in [-0.1, -0.05) is 6.07 Å². The second-order valence-electron chi connectivity index (χ2n) is 5.35. The van der Waals surface area contributed by atoms with Crippen molar-refractivity contribution in [3.8, 4) is 0 Å². The lowest BCUT2D eigenvalue weighted by molar-refractivity contribution is 0.205. The highest BCUT2D eigenvalue weighted by Gasteiger charge is 2.39. The number of pyridine rings is 1. The van der Waals surface area contributed by atoms with Crippen molar-refractivity contribution in [2.45, 2.75) is 36.2 Å². The Balaban J connectivity index is 1.87. The van der Waals surface area contributed by atoms with Crippen LogP contribution in [0.3, 0.4) is 0 Å². The van der Waals surface area contributed by atoms with Crippen LogP contribution in [-0.4, -0.2) is 46.4 Å². The quantitative estimate of drug-likeness (QED) is 0.783. The lowest BCUT2D eigenvalue weighted by Crippen LogP contribution is -2.58. The monoisotopic (exact) mass is 299 g/mol. The molecule has 3 unspecified atom stereocenters. The molecule has 0 spiro atoms. The normalized spacial score (nSPS) is 32.7. The number of halogens is 2. The van der Waals surface area contributed by atoms with Gasteiger partial charge in [-0.3, -0.25) is 4.90 Å². The van der Waals surface area contributed by atoms with Gasteiger partial charge in [-0.25, -0.2) is 4.98 Å². The Bertz CT molecular complexity index is 408. The summed E-state index contributed by atoms with van der Waals surface area (Å²) in [6.45, 7) is 3.08. The van der Waals surface area contributed by atoms with Gasteiger partial charge in [0.2, 0.25) is 0 Å². The minimum absolute atomic E-state index is 0.0661. The molecule has 0 bridgehead atoms. The highest BCUT2D eigenvalue weighted by Crippen LogP contribution is 2.32. The van der Waals surface area contributed by atoms with Gasteiger partial charge >= 0.3 is 0 Å². The number of likely N-dealkylation sites (tertiary alicyclic amines) is 1. The van der Waals surface area contributed by atoms with Gasteiger partial charge in [0.15, 0.2) is 0 Å². The number of alkyl halides is 2. The fourth-order valence-corrected chi connectivity index (χ4v) is 4.08. The van der Waals surface area contributed by atoms with E-state index in [0.29, 0.717) is 0 Å². The first kappa shape index (κ1) is 13.5. The van der Waals surface area contributed by atoms with Gasteiger partial charge in [-0.15, -0.1) is 23.2 Å². The van der Waals surface area contributed by atoms with E-state index in [1.54, 1.807) is 0 Å². The molecule has 3 nitrogen and oxygen atoms in total. The van der Waals surface area contributed by atoms with Gasteiger partial charge in [-0.05, 0) is 31.4 Å². The van der Waals surface area contributed by atoms with Crippen molar-refractivity contribution >= 4 is 29.0 Å². The summed E-state index contributed by atoms with van der Waals surface area (Å²) in [5.41, 5.74) is 0. The average molecular weight is 300 g/mol. The second kappa shape index (κ2) is 5.86. The second-order valence-corrected chi connectivity index (χ2v) is 6.52. The largest absolute Gasteiger partial charge is 0.338 e. The lowest BCUT2D eigenvalue weighted by Gasteiger charge is -2.45. The van der Waals surface area contributed by atoms with Crippen LogP contribution in [0.5, 0.6) is 0 Å². The van der Waals surface area contributed by atoms with Crippen molar-refractivity contribution in [3.05, 3.63) is 24.4 Å². The number of aromatic nitrogens is 1. The van der Waals surface area contributed by atoms with Gasteiger partial charge in [0, 0.05) is 25.8 Å². The summed E-state index contributed by atoms with van der Waals surface area (Å²) in [6.07, 6.45) is 5.46. The molecule has 5 heteroatoms. The Kier molecular flexibility index (Phi) is 4.15. The predicted octanol–water partition coefficient (Wildman–Crippen LogP) is 2.93. The van der Waals surface area contributed by atoms with E-state index >= 15 is 0 Å². The molecule has 0 aliphatic carbocycles. The molecule has 0 radical (unpaired) electrons. The van der Waals surface area contributed by atoms with Gasteiger partial charge in [0.1, 0.15) is 12.0 Å². The van der Waals surface area contributed by atoms with Crippen LogP contribution in [0.15, 0.2) is 24.4 Å². The average Bonchev–Trinajstić information content (AvgIpc) is 2.92. The van der Waals surface area contributed by atoms with Gasteiger partial charge < -0.3 is 4.90 Å². The molecule has 104 valence electrons.